The number of nitrogens with zero attached hydrogens (tertiary/aromatic N) is 3. The number of nitrogens with one attached hydrogen (secondary N) is 3. The third-order valence-corrected chi connectivity index (χ3v) is 14.0. The summed E-state index contributed by atoms with van der Waals surface area (Å²) in [6.07, 6.45) is -14.8. The van der Waals surface area contributed by atoms with E-state index in [1.165, 1.54) is 23.5 Å². The summed E-state index contributed by atoms with van der Waals surface area (Å²) >= 11 is 0. The van der Waals surface area contributed by atoms with Crippen LogP contribution in [0.2, 0.25) is 0 Å². The molecule has 38 heteroatoms. The number of aromatic nitrogens is 2. The number of carbonyl (C=O) groups excluding carboxylic acids is 1. The molecule has 2 saturated heterocycles. The van der Waals surface area contributed by atoms with Gasteiger partial charge in [-0.15, -0.1) is 5.12 Å². The summed E-state index contributed by atoms with van der Waals surface area (Å²) in [5.74, 6) is -0.833. The number of benzene rings is 1. The zero-order valence-corrected chi connectivity index (χ0v) is 42.5. The molecular weight excluding hydrogens is 1000 g/mol. The maximum absolute atomic E-state index is 12.9. The zero-order chi connectivity index (χ0) is 47.2. The second kappa shape index (κ2) is 25.6. The number of nitrogen functional groups attached to an aromatic ring is 1. The van der Waals surface area contributed by atoms with Gasteiger partial charge in [-0.05, 0) is 6.07 Å². The standard InChI is InChI=1S/C28H47N7O25P4.2Na/c1-51-61(43,44)59-62(45,46)54-7-6-52-4-5-53-12-19(37)30-3-2-15-10-32-35(33-15)11-18-21(38)22(39)24(41)27(55-18)57-63(47,48)60-64(49,50)58-28-25(42)23(40)26(56-28)34-13-31-20-16(34)8-14(29)9-17(20)36;;/h8-10,13,18,21-28,32-33,36,38-42H,2-7,11-12,29H2,1H3,(H,30,37)(H,43,44)(H,45,46)(H,47,48)(H,49,50);;/q;2*+1/t18-,21+,22+,23+,24-,25-,26+,27+,28+;;/m0../s1. The van der Waals surface area contributed by atoms with E-state index >= 15 is 0 Å². The molecule has 0 radical (unpaired) electrons. The van der Waals surface area contributed by atoms with Gasteiger partial charge in [-0.2, -0.15) is 8.62 Å². The summed E-state index contributed by atoms with van der Waals surface area (Å²) in [6.45, 7) is -1.45. The number of nitrogens with two attached hydrogens (primary N) is 1. The Labute approximate surface area is 417 Å². The van der Waals surface area contributed by atoms with Gasteiger partial charge in [-0.25, -0.2) is 23.2 Å². The summed E-state index contributed by atoms with van der Waals surface area (Å²) in [6, 6.07) is 2.54. The molecule has 2 aromatic rings. The van der Waals surface area contributed by atoms with Gasteiger partial charge in [0.1, 0.15) is 54.5 Å². The number of amides is 1. The van der Waals surface area contributed by atoms with Crippen LogP contribution in [0.4, 0.5) is 5.69 Å². The first-order chi connectivity index (χ1) is 29.9. The molecule has 2 fully saturated rings. The monoisotopic (exact) mass is 1050 g/mol. The van der Waals surface area contributed by atoms with Crippen LogP contribution in [-0.4, -0.2) is 173 Å². The van der Waals surface area contributed by atoms with Crippen molar-refractivity contribution in [2.75, 3.05) is 59.0 Å². The Kier molecular flexibility index (Phi) is 23.0. The number of hydrogen-bond donors (Lipinski definition) is 14. The number of aliphatic hydroxyl groups is 5. The van der Waals surface area contributed by atoms with Crippen LogP contribution >= 0.6 is 31.3 Å². The van der Waals surface area contributed by atoms with Crippen molar-refractivity contribution < 1.29 is 178 Å². The summed E-state index contributed by atoms with van der Waals surface area (Å²) in [5.41, 5.74) is 12.1. The summed E-state index contributed by atoms with van der Waals surface area (Å²) in [5, 5.41) is 66.6. The number of rotatable bonds is 24. The molecule has 66 heavy (non-hydrogen) atoms. The van der Waals surface area contributed by atoms with Crippen LogP contribution in [0.5, 0.6) is 5.75 Å². The maximum atomic E-state index is 12.9. The number of phosphoric ester groups is 4. The van der Waals surface area contributed by atoms with Gasteiger partial charge in [0.25, 0.3) is 0 Å². The topological polar surface area (TPSA) is 463 Å². The molecule has 13 atom stereocenters. The molecular formula is C28H47N7Na2O25P4+2. The summed E-state index contributed by atoms with van der Waals surface area (Å²) < 4.78 is 96.8. The Hall–Kier alpha value is -0.780. The van der Waals surface area contributed by atoms with Crippen molar-refractivity contribution in [1.82, 2.24) is 30.8 Å². The molecule has 0 spiro atoms. The molecule has 1 amide bonds. The first-order valence-electron chi connectivity index (χ1n) is 18.3. The number of carbonyl (C=O) groups is 1. The van der Waals surface area contributed by atoms with E-state index in [1.807, 2.05) is 0 Å². The van der Waals surface area contributed by atoms with Crippen LogP contribution in [0.15, 0.2) is 30.4 Å². The van der Waals surface area contributed by atoms with Gasteiger partial charge in [-0.3, -0.25) is 22.9 Å². The quantitative estimate of drug-likeness (QED) is 0.0201. The number of imidazole rings is 1. The van der Waals surface area contributed by atoms with Crippen molar-refractivity contribution in [3.05, 3.63) is 30.4 Å². The number of aromatic hydroxyl groups is 1. The maximum Gasteiger partial charge on any atom is 1.00 e. The molecule has 3 aliphatic rings. The van der Waals surface area contributed by atoms with Crippen molar-refractivity contribution in [3.8, 4) is 5.75 Å². The molecule has 364 valence electrons. The van der Waals surface area contributed by atoms with Gasteiger partial charge in [0.2, 0.25) is 5.91 Å². The van der Waals surface area contributed by atoms with E-state index in [-0.39, 0.29) is 128 Å². The molecule has 15 N–H and O–H groups in total. The van der Waals surface area contributed by atoms with Crippen LogP contribution in [-0.2, 0) is 68.7 Å². The van der Waals surface area contributed by atoms with E-state index in [4.69, 9.17) is 38.6 Å². The third-order valence-electron chi connectivity index (χ3n) is 8.78. The van der Waals surface area contributed by atoms with Gasteiger partial charge in [0.05, 0.1) is 44.8 Å². The Bertz CT molecular complexity index is 2170. The van der Waals surface area contributed by atoms with E-state index in [2.05, 4.69) is 38.8 Å². The number of phosphoric acid groups is 4. The average Bonchev–Trinajstić information content (AvgIpc) is 3.90. The second-order valence-corrected chi connectivity index (χ2v) is 19.6. The Morgan fingerprint density at radius 2 is 1.44 bits per heavy atom. The Morgan fingerprint density at radius 1 is 0.833 bits per heavy atom. The number of phenolic OH excluding ortho intramolecular Hbond substituents is 1. The minimum Gasteiger partial charge on any atom is -0.506 e. The van der Waals surface area contributed by atoms with E-state index in [0.29, 0.717) is 5.70 Å². The molecule has 0 bridgehead atoms. The predicted molar refractivity (Wildman–Crippen MR) is 205 cm³/mol. The van der Waals surface area contributed by atoms with Crippen LogP contribution in [0, 0.1) is 0 Å². The first-order valence-corrected chi connectivity index (χ1v) is 24.3. The van der Waals surface area contributed by atoms with Crippen LogP contribution in [0.1, 0.15) is 12.6 Å². The van der Waals surface area contributed by atoms with E-state index < -0.39 is 99.2 Å². The van der Waals surface area contributed by atoms with Crippen molar-refractivity contribution in [3.63, 3.8) is 0 Å². The molecule has 0 aliphatic carbocycles. The van der Waals surface area contributed by atoms with Crippen LogP contribution in [0.3, 0.4) is 0 Å². The number of anilines is 1. The Morgan fingerprint density at radius 3 is 2.11 bits per heavy atom. The van der Waals surface area contributed by atoms with Gasteiger partial charge in [0, 0.05) is 43.7 Å². The molecule has 0 saturated carbocycles. The van der Waals surface area contributed by atoms with Crippen molar-refractivity contribution >= 4 is 53.9 Å². The van der Waals surface area contributed by atoms with Crippen molar-refractivity contribution in [2.24, 2.45) is 0 Å². The molecule has 1 aromatic heterocycles. The number of fused-ring (bicyclic) bond motifs is 1. The van der Waals surface area contributed by atoms with E-state index in [0.717, 1.165) is 18.0 Å². The fourth-order valence-electron chi connectivity index (χ4n) is 5.84. The number of hydrazine groups is 2. The van der Waals surface area contributed by atoms with Crippen LogP contribution in [0.25, 0.3) is 11.0 Å². The van der Waals surface area contributed by atoms with Gasteiger partial charge >= 0.3 is 90.4 Å². The number of ether oxygens (including phenoxy) is 4. The molecule has 4 unspecified atom stereocenters. The van der Waals surface area contributed by atoms with E-state index in [9.17, 15) is 68.4 Å². The first kappa shape index (κ1) is 59.5. The minimum absolute atomic E-state index is 0. The normalized spacial score (nSPS) is 29.2. The average molecular weight is 1050 g/mol. The second-order valence-electron chi connectivity index (χ2n) is 13.5. The van der Waals surface area contributed by atoms with Crippen molar-refractivity contribution in [1.29, 1.82) is 0 Å². The molecule has 3 aliphatic heterocycles. The number of phenols is 1. The summed E-state index contributed by atoms with van der Waals surface area (Å²) in [4.78, 5) is 55.2. The van der Waals surface area contributed by atoms with Gasteiger partial charge in [0.15, 0.2) is 18.8 Å². The minimum atomic E-state index is -5.80. The number of aliphatic hydroxyl groups excluding tert-OH is 5. The largest absolute Gasteiger partial charge is 1.00 e. The fraction of sp³-hybridized carbons (Fsp3) is 0.643. The van der Waals surface area contributed by atoms with Gasteiger partial charge < -0.3 is 95.6 Å². The molecule has 32 nitrogen and oxygen atoms in total. The van der Waals surface area contributed by atoms with Gasteiger partial charge in [-0.1, -0.05) is 0 Å². The molecule has 4 heterocycles. The predicted octanol–water partition coefficient (Wildman–Crippen LogP) is -9.45. The smallest absolute Gasteiger partial charge is 0.506 e. The third kappa shape index (κ3) is 16.9. The zero-order valence-electron chi connectivity index (χ0n) is 35.0. The SMILES string of the molecule is COP(=O)(O)OP(=O)(O)OCCOCCOCC(=O)NCCC1=CNN(C[C@@H]2O[C@H](OP(=O)(O)OP(=O)(O)O[C@H]3O[C@@H](n4cnc5c(O)cc(N)cc54)[C@H](O)[C@@H]3O)[C@@H](O)[C@H](O)[C@@H]2O)N1.[Na+].[Na+]. The Balaban J connectivity index is 0.00000578. The van der Waals surface area contributed by atoms with E-state index in [1.54, 1.807) is 0 Å². The van der Waals surface area contributed by atoms with Crippen molar-refractivity contribution in [2.45, 2.75) is 61.9 Å². The molecule has 1 aromatic carbocycles. The molecule has 5 rings (SSSR count). The van der Waals surface area contributed by atoms with Crippen LogP contribution < -0.4 is 81.0 Å². The fourth-order valence-corrected chi connectivity index (χ4v) is 9.87. The number of hydrogen-bond acceptors (Lipinski definition) is 26. The summed E-state index contributed by atoms with van der Waals surface area (Å²) in [7, 11) is -20.4.